The van der Waals surface area contributed by atoms with E-state index in [0.717, 1.165) is 198 Å². The summed E-state index contributed by atoms with van der Waals surface area (Å²) in [5, 5.41) is 0. The highest BCUT2D eigenvalue weighted by Gasteiger charge is 2.59. The molecular weight excluding hydrogens is 1610 g/mol. The fraction of sp³-hybridized carbons (Fsp3) is 0.268. The van der Waals surface area contributed by atoms with Gasteiger partial charge in [-0.2, -0.15) is 0 Å². The molecule has 0 radical (unpaired) electrons. The maximum Gasteiger partial charge on any atom is 0.195 e. The molecule has 8 bridgehead atoms. The van der Waals surface area contributed by atoms with E-state index in [0.29, 0.717) is 75.6 Å². The monoisotopic (exact) mass is 1710 g/mol. The average Bonchev–Trinajstić information content (AvgIpc) is 1.59. The Bertz CT molecular complexity index is 6580. The Morgan fingerprint density at radius 2 is 0.500 bits per heavy atom. The normalized spacial score (nSPS) is 25.6. The molecule has 13 aromatic carbocycles. The predicted molar refractivity (Wildman–Crippen MR) is 532 cm³/mol. The van der Waals surface area contributed by atoms with Crippen LogP contribution in [0, 0.1) is 107 Å². The van der Waals surface area contributed by atoms with Crippen molar-refractivity contribution in [1.82, 2.24) is 0 Å². The second-order valence-corrected chi connectivity index (χ2v) is 38.6. The SMILES string of the molecule is O=C1C(c2ccc(C#Cc3ccccc3)cc2)=C(c2ccc(C#Cc3ccccc3)cc2)C(c2ccc(Oc3ccc(C4C(c5ccccc5)C(=O)C5C6CCC(CC6)CC(c6ccccc6)C6CCC(CC6)C6C(=O)C(c7ccc(C#Cc8ccccc8)cc7)C(c7ccc(C#Cc8ccccc8)cc7)C6C6CCC(CC6)OC6CCC(CC6)C54)cc3)cc2)=C1c1ccccc1. The van der Waals surface area contributed by atoms with E-state index in [1.807, 2.05) is 164 Å². The van der Waals surface area contributed by atoms with E-state index in [1.54, 1.807) is 0 Å². The zero-order valence-corrected chi connectivity index (χ0v) is 74.9. The quantitative estimate of drug-likeness (QED) is 0.121. The number of ketones is 3. The van der Waals surface area contributed by atoms with E-state index < -0.39 is 0 Å². The van der Waals surface area contributed by atoms with Gasteiger partial charge in [0.2, 0.25) is 0 Å². The van der Waals surface area contributed by atoms with Gasteiger partial charge in [-0.25, -0.2) is 0 Å². The van der Waals surface area contributed by atoms with E-state index in [9.17, 15) is 0 Å². The van der Waals surface area contributed by atoms with Crippen molar-refractivity contribution >= 4 is 39.6 Å². The Labute approximate surface area is 779 Å². The van der Waals surface area contributed by atoms with E-state index in [1.165, 1.54) is 16.7 Å². The van der Waals surface area contributed by atoms with Gasteiger partial charge in [0.25, 0.3) is 0 Å². The van der Waals surface area contributed by atoms with Gasteiger partial charge in [-0.15, -0.1) is 0 Å². The molecule has 648 valence electrons. The number of allylic oxidation sites excluding steroid dienone is 4. The molecule has 0 N–H and O–H groups in total. The van der Waals surface area contributed by atoms with Crippen molar-refractivity contribution in [3.63, 3.8) is 0 Å². The number of rotatable bonds is 11. The second-order valence-electron chi connectivity index (χ2n) is 38.6. The summed E-state index contributed by atoms with van der Waals surface area (Å²) < 4.78 is 14.4. The third kappa shape index (κ3) is 18.4. The Balaban J connectivity index is 0.582. The molecule has 5 nitrogen and oxygen atoms in total. The molecule has 27 rings (SSSR count). The summed E-state index contributed by atoms with van der Waals surface area (Å²) in [7, 11) is 0. The summed E-state index contributed by atoms with van der Waals surface area (Å²) in [4.78, 5) is 48.8. The number of hydrogen-bond acceptors (Lipinski definition) is 5. The van der Waals surface area contributed by atoms with Crippen LogP contribution in [0.15, 0.2) is 358 Å². The predicted octanol–water partition coefficient (Wildman–Crippen LogP) is 28.2. The lowest BCUT2D eigenvalue weighted by Crippen LogP contribution is -2.38. The van der Waals surface area contributed by atoms with Crippen LogP contribution in [0.3, 0.4) is 0 Å². The van der Waals surface area contributed by atoms with Crippen molar-refractivity contribution in [2.45, 2.75) is 151 Å². The Kier molecular flexibility index (Phi) is 25.3. The topological polar surface area (TPSA) is 69.7 Å². The van der Waals surface area contributed by atoms with E-state index in [-0.39, 0.29) is 65.3 Å². The molecule has 7 aliphatic carbocycles. The first-order valence-corrected chi connectivity index (χ1v) is 48.7. The number of benzene rings is 13. The molecule has 7 saturated heterocycles. The zero-order valence-electron chi connectivity index (χ0n) is 74.9. The smallest absolute Gasteiger partial charge is 0.195 e. The third-order valence-corrected chi connectivity index (χ3v) is 31.1. The Morgan fingerprint density at radius 3 is 0.886 bits per heavy atom. The van der Waals surface area contributed by atoms with Gasteiger partial charge >= 0.3 is 0 Å². The van der Waals surface area contributed by atoms with Crippen molar-refractivity contribution in [3.05, 3.63) is 452 Å². The highest BCUT2D eigenvalue weighted by molar-refractivity contribution is 6.59. The molecule has 9 atom stereocenters. The van der Waals surface area contributed by atoms with E-state index in [4.69, 9.17) is 9.47 Å². The standard InChI is InChI=1S/C127H110O5/c128-125-119(96-32-18-6-19-33-96)115(113(98-54-44-89(45-55-98)40-36-85-22-8-1-9-23-85)121(125)104-58-48-91(49-59-104)42-38-87-26-12-3-13-27-87)100-68-76-108(77-69-100)131-109-78-70-101(71-79-109)116-118-103-74-82-111(83-75-103)132-110-80-72-102(73-81-110)117-114(99-56-46-90(47-57-99)41-37-86-24-10-2-11-25-86)122(105-60-50-92(51-61-105)43-39-88-28-14-4-15-29-88)127(130)124(117)107-66-64-95(65-67-107)112(94-30-16-5-17-31-94)84-93-52-62-106(63-53-93)123(118)126(129)120(116)97-34-20-7-21-35-97/h1-35,44-51,54-61,68-71,76-79,93,95,102-103,106-107,110-112,114,116-118,120,122-124H,52-53,62-67,72-75,80-84H2. The van der Waals surface area contributed by atoms with Crippen LogP contribution in [0.4, 0.5) is 0 Å². The van der Waals surface area contributed by atoms with Gasteiger partial charge in [0.1, 0.15) is 23.1 Å². The number of hydrogen-bond donors (Lipinski definition) is 0. The third-order valence-electron chi connectivity index (χ3n) is 31.1. The number of ether oxygens (including phenoxy) is 2. The van der Waals surface area contributed by atoms with Crippen molar-refractivity contribution < 1.29 is 23.9 Å². The summed E-state index contributed by atoms with van der Waals surface area (Å²) in [5.74, 6) is 31.7. The van der Waals surface area contributed by atoms with Crippen molar-refractivity contribution in [3.8, 4) is 58.9 Å². The molecule has 0 amide bonds. The second kappa shape index (κ2) is 39.2. The van der Waals surface area contributed by atoms with E-state index >= 15 is 14.4 Å². The minimum absolute atomic E-state index is 0.00412. The molecule has 7 aliphatic heterocycles. The summed E-state index contributed by atoms with van der Waals surface area (Å²) >= 11 is 0. The summed E-state index contributed by atoms with van der Waals surface area (Å²) in [6.45, 7) is 0. The molecule has 0 aromatic heterocycles. The summed E-state index contributed by atoms with van der Waals surface area (Å²) in [5.41, 5.74) is 20.0. The zero-order chi connectivity index (χ0) is 88.6. The Hall–Kier alpha value is -13.7. The molecule has 14 aliphatic rings. The van der Waals surface area contributed by atoms with Crippen LogP contribution in [0.5, 0.6) is 11.5 Å². The van der Waals surface area contributed by atoms with Crippen LogP contribution in [0.25, 0.3) is 22.3 Å². The lowest BCUT2D eigenvalue weighted by Gasteiger charge is -2.43. The van der Waals surface area contributed by atoms with Crippen molar-refractivity contribution in [2.75, 3.05) is 0 Å². The molecule has 0 spiro atoms. The number of Topliss-reactive ketones (excluding diaryl/α,β-unsaturated/α-hetero) is 3. The molecule has 7 heterocycles. The van der Waals surface area contributed by atoms with Crippen LogP contribution in [-0.2, 0) is 19.1 Å². The highest BCUT2D eigenvalue weighted by atomic mass is 16.5. The maximum atomic E-state index is 16.5. The van der Waals surface area contributed by atoms with Gasteiger partial charge in [-0.3, -0.25) is 14.4 Å². The minimum Gasteiger partial charge on any atom is -0.457 e. The molecular formula is C127H110O5. The van der Waals surface area contributed by atoms with Gasteiger partial charge < -0.3 is 9.47 Å². The minimum atomic E-state index is -0.284. The average molecular weight is 1720 g/mol. The van der Waals surface area contributed by atoms with Gasteiger partial charge in [0, 0.05) is 90.5 Å². The van der Waals surface area contributed by atoms with Gasteiger partial charge in [-0.05, 0) is 321 Å². The molecule has 5 heteroatoms. The van der Waals surface area contributed by atoms with Gasteiger partial charge in [0.05, 0.1) is 24.0 Å². The lowest BCUT2D eigenvalue weighted by atomic mass is 9.61. The molecule has 132 heavy (non-hydrogen) atoms. The lowest BCUT2D eigenvalue weighted by molar-refractivity contribution is -0.126. The fourth-order valence-electron chi connectivity index (χ4n) is 25.0. The summed E-state index contributed by atoms with van der Waals surface area (Å²) in [6, 6.07) is 124. The molecule has 13 fully saturated rings. The molecule has 13 aromatic rings. The largest absolute Gasteiger partial charge is 0.457 e. The van der Waals surface area contributed by atoms with E-state index in [2.05, 4.69) is 241 Å². The van der Waals surface area contributed by atoms with Gasteiger partial charge in [0.15, 0.2) is 5.78 Å². The van der Waals surface area contributed by atoms with Gasteiger partial charge in [-0.1, -0.05) is 297 Å². The van der Waals surface area contributed by atoms with Crippen molar-refractivity contribution in [1.29, 1.82) is 0 Å². The fourth-order valence-corrected chi connectivity index (χ4v) is 25.0. The first-order valence-electron chi connectivity index (χ1n) is 48.7. The van der Waals surface area contributed by atoms with Crippen LogP contribution >= 0.6 is 0 Å². The van der Waals surface area contributed by atoms with Crippen LogP contribution in [-0.4, -0.2) is 29.6 Å². The number of carbonyl (C=O) groups excluding carboxylic acids is 3. The molecule has 9 unspecified atom stereocenters. The van der Waals surface area contributed by atoms with Crippen molar-refractivity contribution in [2.24, 2.45) is 59.2 Å². The molecule has 6 saturated carbocycles. The number of carbonyl (C=O) groups is 3. The first kappa shape index (κ1) is 85.1. The highest BCUT2D eigenvalue weighted by Crippen LogP contribution is 2.63. The van der Waals surface area contributed by atoms with Crippen LogP contribution in [0.2, 0.25) is 0 Å². The maximum absolute atomic E-state index is 16.5. The first-order chi connectivity index (χ1) is 65.2. The Morgan fingerprint density at radius 1 is 0.227 bits per heavy atom. The summed E-state index contributed by atoms with van der Waals surface area (Å²) in [6.07, 6.45) is 18.3. The van der Waals surface area contributed by atoms with Crippen LogP contribution < -0.4 is 4.74 Å². The van der Waals surface area contributed by atoms with Crippen LogP contribution in [0.1, 0.15) is 233 Å².